The minimum Gasteiger partial charge on any atom is -0.504 e. The van der Waals surface area contributed by atoms with E-state index >= 15 is 0 Å². The van der Waals surface area contributed by atoms with Crippen LogP contribution in [0, 0.1) is 0 Å². The summed E-state index contributed by atoms with van der Waals surface area (Å²) < 4.78 is 4.91. The number of phenols is 8. The quantitative estimate of drug-likeness (QED) is 0.299. The number of aromatic hydroxyl groups is 8. The first-order valence-corrected chi connectivity index (χ1v) is 5.35. The van der Waals surface area contributed by atoms with Crippen LogP contribution in [0.2, 0.25) is 0 Å². The van der Waals surface area contributed by atoms with E-state index in [4.69, 9.17) is 4.74 Å². The van der Waals surface area contributed by atoms with Crippen molar-refractivity contribution in [2.24, 2.45) is 0 Å². The molecule has 0 aliphatic rings. The van der Waals surface area contributed by atoms with Gasteiger partial charge in [-0.2, -0.15) is 0 Å². The van der Waals surface area contributed by atoms with E-state index in [1.807, 2.05) is 0 Å². The monoisotopic (exact) mass is 298 g/mol. The lowest BCUT2D eigenvalue weighted by Crippen LogP contribution is -1.88. The lowest BCUT2D eigenvalue weighted by atomic mass is 10.2. The van der Waals surface area contributed by atoms with Gasteiger partial charge in [0.1, 0.15) is 0 Å². The van der Waals surface area contributed by atoms with Gasteiger partial charge in [-0.05, 0) is 0 Å². The lowest BCUT2D eigenvalue weighted by molar-refractivity contribution is 0.316. The van der Waals surface area contributed by atoms with E-state index in [-0.39, 0.29) is 0 Å². The Morgan fingerprint density at radius 1 is 0.476 bits per heavy atom. The van der Waals surface area contributed by atoms with Gasteiger partial charge in [0.2, 0.25) is 34.5 Å². The molecule has 0 unspecified atom stereocenters. The Balaban J connectivity index is 2.54. The number of phenolic OH excluding ortho intramolecular Hbond substituents is 8. The third-order valence-electron chi connectivity index (χ3n) is 2.60. The van der Waals surface area contributed by atoms with Crippen LogP contribution in [0.25, 0.3) is 0 Å². The third kappa shape index (κ3) is 2.16. The molecule has 0 aliphatic carbocycles. The first-order valence-electron chi connectivity index (χ1n) is 5.35. The molecule has 0 aliphatic heterocycles. The van der Waals surface area contributed by atoms with Gasteiger partial charge in [0.25, 0.3) is 0 Å². The zero-order valence-corrected chi connectivity index (χ0v) is 10.1. The highest BCUT2D eigenvalue weighted by atomic mass is 16.5. The average Bonchev–Trinajstić information content (AvgIpc) is 2.45. The average molecular weight is 298 g/mol. The van der Waals surface area contributed by atoms with Crippen LogP contribution < -0.4 is 4.74 Å². The van der Waals surface area contributed by atoms with Crippen LogP contribution in [0.4, 0.5) is 0 Å². The van der Waals surface area contributed by atoms with Crippen molar-refractivity contribution in [3.8, 4) is 57.5 Å². The van der Waals surface area contributed by atoms with Gasteiger partial charge in [0.05, 0.1) is 0 Å². The molecule has 8 N–H and O–H groups in total. The van der Waals surface area contributed by atoms with E-state index in [1.54, 1.807) is 0 Å². The zero-order chi connectivity index (χ0) is 15.9. The van der Waals surface area contributed by atoms with E-state index < -0.39 is 57.5 Å². The molecule has 9 nitrogen and oxygen atoms in total. The fourth-order valence-corrected chi connectivity index (χ4v) is 1.50. The summed E-state index contributed by atoms with van der Waals surface area (Å²) in [4.78, 5) is 0. The minimum atomic E-state index is -1.07. The molecular formula is C12H10O9. The van der Waals surface area contributed by atoms with E-state index in [1.165, 1.54) is 0 Å². The first kappa shape index (κ1) is 14.1. The number of benzene rings is 2. The second-order valence-corrected chi connectivity index (χ2v) is 3.98. The summed E-state index contributed by atoms with van der Waals surface area (Å²) in [5, 5.41) is 74.7. The van der Waals surface area contributed by atoms with Gasteiger partial charge in [0.15, 0.2) is 23.0 Å². The van der Waals surface area contributed by atoms with Crippen LogP contribution in [-0.4, -0.2) is 40.9 Å². The van der Waals surface area contributed by atoms with Gasteiger partial charge >= 0.3 is 0 Å². The predicted molar refractivity (Wildman–Crippen MR) is 66.3 cm³/mol. The standard InChI is InChI=1S/C12H10O9/c13-3-1-5(9(17)11(19)7(3)15)21-6-2-4(14)8(16)12(20)10(6)18/h1-2,13-20H. The Morgan fingerprint density at radius 3 is 1.14 bits per heavy atom. The second kappa shape index (κ2) is 4.63. The van der Waals surface area contributed by atoms with Crippen LogP contribution in [0.15, 0.2) is 12.1 Å². The van der Waals surface area contributed by atoms with Crippen LogP contribution in [-0.2, 0) is 0 Å². The molecule has 0 saturated carbocycles. The van der Waals surface area contributed by atoms with E-state index in [0.717, 1.165) is 0 Å². The van der Waals surface area contributed by atoms with Gasteiger partial charge in [-0.1, -0.05) is 0 Å². The maximum absolute atomic E-state index is 9.55. The fraction of sp³-hybridized carbons (Fsp3) is 0. The highest BCUT2D eigenvalue weighted by molar-refractivity contribution is 5.67. The molecule has 2 aromatic rings. The van der Waals surface area contributed by atoms with Crippen molar-refractivity contribution >= 4 is 0 Å². The molecule has 0 amide bonds. The van der Waals surface area contributed by atoms with Crippen molar-refractivity contribution in [2.75, 3.05) is 0 Å². The van der Waals surface area contributed by atoms with Crippen LogP contribution in [0.5, 0.6) is 57.5 Å². The summed E-state index contributed by atoms with van der Waals surface area (Å²) in [6, 6.07) is 1.43. The maximum atomic E-state index is 9.55. The molecule has 2 rings (SSSR count). The van der Waals surface area contributed by atoms with Gasteiger partial charge in [-0.3, -0.25) is 0 Å². The Morgan fingerprint density at radius 2 is 0.810 bits per heavy atom. The summed E-state index contributed by atoms with van der Waals surface area (Å²) in [6.07, 6.45) is 0. The summed E-state index contributed by atoms with van der Waals surface area (Å²) in [5.74, 6) is -8.88. The topological polar surface area (TPSA) is 171 Å². The van der Waals surface area contributed by atoms with Crippen LogP contribution in [0.1, 0.15) is 0 Å². The van der Waals surface area contributed by atoms with Crippen LogP contribution >= 0.6 is 0 Å². The Hall–Kier alpha value is -3.36. The van der Waals surface area contributed by atoms with E-state index in [2.05, 4.69) is 0 Å². The van der Waals surface area contributed by atoms with Crippen molar-refractivity contribution in [3.05, 3.63) is 12.1 Å². The van der Waals surface area contributed by atoms with Crippen molar-refractivity contribution in [2.45, 2.75) is 0 Å². The SMILES string of the molecule is Oc1cc(Oc2cc(O)c(O)c(O)c2O)c(O)c(O)c1O. The summed E-state index contributed by atoms with van der Waals surface area (Å²) >= 11 is 0. The second-order valence-electron chi connectivity index (χ2n) is 3.98. The van der Waals surface area contributed by atoms with Crippen molar-refractivity contribution in [1.82, 2.24) is 0 Å². The zero-order valence-electron chi connectivity index (χ0n) is 10.1. The Labute approximate surface area is 116 Å². The maximum Gasteiger partial charge on any atom is 0.208 e. The molecule has 0 saturated heterocycles. The molecule has 112 valence electrons. The van der Waals surface area contributed by atoms with Gasteiger partial charge < -0.3 is 45.6 Å². The lowest BCUT2D eigenvalue weighted by Gasteiger charge is -2.13. The molecule has 0 fully saturated rings. The summed E-state index contributed by atoms with van der Waals surface area (Å²) in [5.41, 5.74) is 0. The molecule has 9 heteroatoms. The van der Waals surface area contributed by atoms with Crippen molar-refractivity contribution in [3.63, 3.8) is 0 Å². The van der Waals surface area contributed by atoms with Gasteiger partial charge in [-0.25, -0.2) is 0 Å². The van der Waals surface area contributed by atoms with Crippen molar-refractivity contribution in [1.29, 1.82) is 0 Å². The number of hydrogen-bond donors (Lipinski definition) is 8. The molecule has 0 bridgehead atoms. The van der Waals surface area contributed by atoms with Gasteiger partial charge in [0, 0.05) is 12.1 Å². The largest absolute Gasteiger partial charge is 0.504 e. The summed E-state index contributed by atoms with van der Waals surface area (Å²) in [7, 11) is 0. The highest BCUT2D eigenvalue weighted by Gasteiger charge is 2.22. The van der Waals surface area contributed by atoms with Gasteiger partial charge in [-0.15, -0.1) is 0 Å². The fourth-order valence-electron chi connectivity index (χ4n) is 1.50. The molecule has 0 radical (unpaired) electrons. The highest BCUT2D eigenvalue weighted by Crippen LogP contribution is 2.52. The third-order valence-corrected chi connectivity index (χ3v) is 2.60. The number of rotatable bonds is 2. The first-order chi connectivity index (χ1) is 9.73. The Kier molecular flexibility index (Phi) is 3.10. The summed E-state index contributed by atoms with van der Waals surface area (Å²) in [6.45, 7) is 0. The molecule has 2 aromatic carbocycles. The van der Waals surface area contributed by atoms with E-state index in [0.29, 0.717) is 12.1 Å². The minimum absolute atomic E-state index is 0.595. The van der Waals surface area contributed by atoms with Crippen LogP contribution in [0.3, 0.4) is 0 Å². The number of ether oxygens (including phenoxy) is 1. The van der Waals surface area contributed by atoms with Crippen molar-refractivity contribution < 1.29 is 45.6 Å². The normalized spacial score (nSPS) is 10.5. The molecule has 0 aromatic heterocycles. The smallest absolute Gasteiger partial charge is 0.208 e. The molecule has 0 heterocycles. The van der Waals surface area contributed by atoms with E-state index in [9.17, 15) is 40.9 Å². The predicted octanol–water partition coefficient (Wildman–Crippen LogP) is 1.12. The molecule has 0 spiro atoms. The molecular weight excluding hydrogens is 288 g/mol. The Bertz CT molecular complexity index is 662. The number of hydrogen-bond acceptors (Lipinski definition) is 9. The molecule has 0 atom stereocenters. The molecule has 21 heavy (non-hydrogen) atoms.